The molecule has 0 saturated carbocycles. The Balaban J connectivity index is 2.25. The number of halogens is 1. The normalized spacial score (nSPS) is 17.8. The second kappa shape index (κ2) is 5.52. The van der Waals surface area contributed by atoms with Crippen LogP contribution in [0, 0.1) is 6.92 Å². The van der Waals surface area contributed by atoms with E-state index in [0.29, 0.717) is 11.4 Å². The van der Waals surface area contributed by atoms with Gasteiger partial charge in [-0.05, 0) is 43.7 Å². The van der Waals surface area contributed by atoms with Crippen molar-refractivity contribution < 1.29 is 4.79 Å². The van der Waals surface area contributed by atoms with E-state index in [1.165, 1.54) is 0 Å². The number of carbonyl (C=O) groups is 1. The van der Waals surface area contributed by atoms with E-state index in [1.807, 2.05) is 30.0 Å². The number of hydrogen-bond acceptors (Lipinski definition) is 2. The van der Waals surface area contributed by atoms with Crippen LogP contribution in [-0.2, 0) is 4.79 Å². The highest BCUT2D eigenvalue weighted by molar-refractivity contribution is 6.30. The van der Waals surface area contributed by atoms with E-state index in [-0.39, 0.29) is 5.91 Å². The van der Waals surface area contributed by atoms with Gasteiger partial charge >= 0.3 is 0 Å². The van der Waals surface area contributed by atoms with E-state index in [4.69, 9.17) is 11.6 Å². The number of carbonyl (C=O) groups excluding carboxylic acids is 1. The van der Waals surface area contributed by atoms with Gasteiger partial charge in [0.1, 0.15) is 0 Å². The summed E-state index contributed by atoms with van der Waals surface area (Å²) >= 11 is 5.93. The van der Waals surface area contributed by atoms with Crippen molar-refractivity contribution in [2.45, 2.75) is 19.8 Å². The maximum Gasteiger partial charge on any atom is 0.227 e. The highest BCUT2D eigenvalue weighted by atomic mass is 35.5. The summed E-state index contributed by atoms with van der Waals surface area (Å²) in [6, 6.07) is 5.66. The van der Waals surface area contributed by atoms with Crippen LogP contribution >= 0.6 is 11.6 Å². The van der Waals surface area contributed by atoms with Gasteiger partial charge in [-0.1, -0.05) is 11.6 Å². The molecule has 1 aliphatic rings. The molecule has 1 N–H and O–H groups in total. The van der Waals surface area contributed by atoms with E-state index in [2.05, 4.69) is 5.32 Å². The lowest BCUT2D eigenvalue weighted by Gasteiger charge is -2.26. The Morgan fingerprint density at radius 3 is 2.94 bits per heavy atom. The minimum atomic E-state index is 0.205. The predicted molar refractivity (Wildman–Crippen MR) is 70.6 cm³/mol. The van der Waals surface area contributed by atoms with Crippen molar-refractivity contribution in [2.75, 3.05) is 24.5 Å². The van der Waals surface area contributed by atoms with Gasteiger partial charge in [0.15, 0.2) is 0 Å². The molecule has 1 aromatic rings. The molecule has 1 fully saturated rings. The second-order valence-electron chi connectivity index (χ2n) is 4.33. The molecule has 1 heterocycles. The number of amides is 1. The maximum absolute atomic E-state index is 12.1. The predicted octanol–water partition coefficient (Wildman–Crippen LogP) is 2.36. The summed E-state index contributed by atoms with van der Waals surface area (Å²) in [6.07, 6.45) is 1.51. The van der Waals surface area contributed by atoms with Gasteiger partial charge in [-0.25, -0.2) is 0 Å². The van der Waals surface area contributed by atoms with Crippen molar-refractivity contribution in [3.05, 3.63) is 28.8 Å². The van der Waals surface area contributed by atoms with Crippen LogP contribution < -0.4 is 10.2 Å². The molecule has 0 aliphatic carbocycles. The van der Waals surface area contributed by atoms with E-state index in [9.17, 15) is 4.79 Å². The Hall–Kier alpha value is -1.06. The van der Waals surface area contributed by atoms with E-state index in [1.54, 1.807) is 0 Å². The van der Waals surface area contributed by atoms with Crippen LogP contribution in [0.5, 0.6) is 0 Å². The molecule has 0 bridgehead atoms. The van der Waals surface area contributed by atoms with Crippen LogP contribution in [0.2, 0.25) is 5.02 Å². The van der Waals surface area contributed by atoms with Crippen molar-refractivity contribution in [1.82, 2.24) is 5.32 Å². The molecular formula is C13H17ClN2O. The first-order valence-electron chi connectivity index (χ1n) is 5.96. The fourth-order valence-electron chi connectivity index (χ4n) is 2.12. The average Bonchev–Trinajstić information content (AvgIpc) is 2.26. The van der Waals surface area contributed by atoms with E-state index >= 15 is 0 Å². The van der Waals surface area contributed by atoms with Gasteiger partial charge in [0.25, 0.3) is 0 Å². The summed E-state index contributed by atoms with van der Waals surface area (Å²) in [4.78, 5) is 13.9. The van der Waals surface area contributed by atoms with Gasteiger partial charge in [0.05, 0.1) is 0 Å². The second-order valence-corrected chi connectivity index (χ2v) is 4.77. The largest absolute Gasteiger partial charge is 0.315 e. The molecule has 2 rings (SSSR count). The van der Waals surface area contributed by atoms with Crippen LogP contribution in [0.3, 0.4) is 0 Å². The van der Waals surface area contributed by atoms with Crippen LogP contribution in [0.4, 0.5) is 5.69 Å². The number of nitrogens with one attached hydrogen (secondary N) is 1. The number of aryl methyl sites for hydroxylation is 1. The smallest absolute Gasteiger partial charge is 0.227 e. The Labute approximate surface area is 107 Å². The van der Waals surface area contributed by atoms with Crippen molar-refractivity contribution in [3.63, 3.8) is 0 Å². The Bertz CT molecular complexity index is 420. The van der Waals surface area contributed by atoms with Gasteiger partial charge in [-0.2, -0.15) is 0 Å². The average molecular weight is 253 g/mol. The summed E-state index contributed by atoms with van der Waals surface area (Å²) in [5, 5.41) is 4.03. The van der Waals surface area contributed by atoms with Crippen LogP contribution in [0.25, 0.3) is 0 Å². The van der Waals surface area contributed by atoms with Crippen molar-refractivity contribution in [1.29, 1.82) is 0 Å². The maximum atomic E-state index is 12.1. The summed E-state index contributed by atoms with van der Waals surface area (Å²) in [6.45, 7) is 4.48. The first-order chi connectivity index (χ1) is 8.18. The third-order valence-corrected chi connectivity index (χ3v) is 3.24. The fraction of sp³-hybridized carbons (Fsp3) is 0.462. The van der Waals surface area contributed by atoms with Crippen LogP contribution in [0.1, 0.15) is 18.4 Å². The SMILES string of the molecule is Cc1cc(Cl)ccc1N1CCNCCCC1=O. The van der Waals surface area contributed by atoms with Crippen molar-refractivity contribution >= 4 is 23.2 Å². The molecule has 1 aromatic carbocycles. The lowest BCUT2D eigenvalue weighted by Crippen LogP contribution is -2.40. The highest BCUT2D eigenvalue weighted by Crippen LogP contribution is 2.24. The van der Waals surface area contributed by atoms with Gasteiger partial charge in [-0.15, -0.1) is 0 Å². The van der Waals surface area contributed by atoms with Crippen molar-refractivity contribution in [3.8, 4) is 0 Å². The number of rotatable bonds is 1. The molecule has 1 aliphatic heterocycles. The molecule has 3 nitrogen and oxygen atoms in total. The first-order valence-corrected chi connectivity index (χ1v) is 6.33. The Kier molecular flexibility index (Phi) is 4.02. The standard InChI is InChI=1S/C13H17ClN2O/c1-10-9-11(14)4-5-12(10)16-8-7-15-6-2-3-13(16)17/h4-5,9,15H,2-3,6-8H2,1H3. The zero-order valence-electron chi connectivity index (χ0n) is 10.0. The zero-order valence-corrected chi connectivity index (χ0v) is 10.8. The molecule has 0 radical (unpaired) electrons. The molecule has 17 heavy (non-hydrogen) atoms. The Morgan fingerprint density at radius 2 is 2.18 bits per heavy atom. The van der Waals surface area contributed by atoms with Gasteiger partial charge < -0.3 is 10.2 Å². The summed E-state index contributed by atoms with van der Waals surface area (Å²) in [5.74, 6) is 0.205. The third-order valence-electron chi connectivity index (χ3n) is 3.01. The molecule has 92 valence electrons. The zero-order chi connectivity index (χ0) is 12.3. The number of hydrogen-bond donors (Lipinski definition) is 1. The lowest BCUT2D eigenvalue weighted by molar-refractivity contribution is -0.118. The molecule has 1 amide bonds. The first kappa shape index (κ1) is 12.4. The molecule has 1 saturated heterocycles. The minimum Gasteiger partial charge on any atom is -0.315 e. The summed E-state index contributed by atoms with van der Waals surface area (Å²) in [5.41, 5.74) is 2.02. The van der Waals surface area contributed by atoms with Gasteiger partial charge in [-0.3, -0.25) is 4.79 Å². The summed E-state index contributed by atoms with van der Waals surface area (Å²) < 4.78 is 0. The fourth-order valence-corrected chi connectivity index (χ4v) is 2.34. The molecular weight excluding hydrogens is 236 g/mol. The van der Waals surface area contributed by atoms with Crippen LogP contribution in [0.15, 0.2) is 18.2 Å². The quantitative estimate of drug-likeness (QED) is 0.832. The van der Waals surface area contributed by atoms with Gasteiger partial charge in [0, 0.05) is 30.2 Å². The molecule has 0 spiro atoms. The van der Waals surface area contributed by atoms with Gasteiger partial charge in [0.2, 0.25) is 5.91 Å². The molecule has 0 atom stereocenters. The van der Waals surface area contributed by atoms with Crippen molar-refractivity contribution in [2.24, 2.45) is 0 Å². The lowest BCUT2D eigenvalue weighted by atomic mass is 10.1. The van der Waals surface area contributed by atoms with E-state index < -0.39 is 0 Å². The third kappa shape index (κ3) is 2.99. The number of benzene rings is 1. The Morgan fingerprint density at radius 1 is 1.35 bits per heavy atom. The topological polar surface area (TPSA) is 32.3 Å². The number of nitrogens with zero attached hydrogens (tertiary/aromatic N) is 1. The molecule has 0 unspecified atom stereocenters. The summed E-state index contributed by atoms with van der Waals surface area (Å²) in [7, 11) is 0. The van der Waals surface area contributed by atoms with E-state index in [0.717, 1.165) is 37.3 Å². The number of anilines is 1. The monoisotopic (exact) mass is 252 g/mol. The van der Waals surface area contributed by atoms with Crippen LogP contribution in [-0.4, -0.2) is 25.5 Å². The molecule has 0 aromatic heterocycles. The molecule has 4 heteroatoms. The minimum absolute atomic E-state index is 0.205. The highest BCUT2D eigenvalue weighted by Gasteiger charge is 2.18.